The predicted molar refractivity (Wildman–Crippen MR) is 95.8 cm³/mol. The van der Waals surface area contributed by atoms with E-state index in [1.807, 2.05) is 19.1 Å². The minimum atomic E-state index is -3.43. The summed E-state index contributed by atoms with van der Waals surface area (Å²) >= 11 is 0. The summed E-state index contributed by atoms with van der Waals surface area (Å²) in [5.41, 5.74) is 4.51. The molecule has 0 N–H and O–H groups in total. The van der Waals surface area contributed by atoms with Crippen LogP contribution in [-0.4, -0.2) is 25.8 Å². The highest BCUT2D eigenvalue weighted by Gasteiger charge is 2.34. The van der Waals surface area contributed by atoms with Gasteiger partial charge in [0.15, 0.2) is 0 Å². The van der Waals surface area contributed by atoms with Gasteiger partial charge in [0.1, 0.15) is 0 Å². The molecule has 0 spiro atoms. The summed E-state index contributed by atoms with van der Waals surface area (Å²) in [5.74, 6) is 0.600. The van der Waals surface area contributed by atoms with Gasteiger partial charge < -0.3 is 0 Å². The zero-order valence-electron chi connectivity index (χ0n) is 14.8. The van der Waals surface area contributed by atoms with Crippen molar-refractivity contribution in [3.8, 4) is 0 Å². The maximum atomic E-state index is 12.8. The fourth-order valence-corrected chi connectivity index (χ4v) is 4.50. The molecule has 1 saturated heterocycles. The number of benzene rings is 1. The van der Waals surface area contributed by atoms with Gasteiger partial charge in [-0.1, -0.05) is 45.0 Å². The van der Waals surface area contributed by atoms with E-state index in [1.165, 1.54) is 5.57 Å². The molecule has 1 fully saturated rings. The molecule has 1 aromatic rings. The van der Waals surface area contributed by atoms with Crippen LogP contribution >= 0.6 is 0 Å². The van der Waals surface area contributed by atoms with Crippen molar-refractivity contribution >= 4 is 10.0 Å². The van der Waals surface area contributed by atoms with E-state index in [0.717, 1.165) is 16.7 Å². The van der Waals surface area contributed by atoms with Gasteiger partial charge in [0.05, 0.1) is 4.90 Å². The van der Waals surface area contributed by atoms with E-state index in [4.69, 9.17) is 0 Å². The van der Waals surface area contributed by atoms with Gasteiger partial charge in [-0.3, -0.25) is 0 Å². The minimum absolute atomic E-state index is 0.228. The van der Waals surface area contributed by atoms with Crippen molar-refractivity contribution in [1.29, 1.82) is 0 Å². The van der Waals surface area contributed by atoms with Crippen molar-refractivity contribution in [2.45, 2.75) is 39.5 Å². The summed E-state index contributed by atoms with van der Waals surface area (Å²) in [6.07, 6.45) is 0. The first-order valence-corrected chi connectivity index (χ1v) is 9.54. The number of hydrogen-bond acceptors (Lipinski definition) is 2. The standard InChI is InChI=1S/C19H27NO2S/c1-13(2)16(5)17(6)19-12-20(11-15(19)4)23(21,22)18-9-7-14(3)8-10-18/h7-10,13,15H,5,11-12H2,1-4,6H3/b19-17-. The number of rotatable bonds is 4. The predicted octanol–water partition coefficient (Wildman–Crippen LogP) is 4.16. The maximum absolute atomic E-state index is 12.8. The summed E-state index contributed by atoms with van der Waals surface area (Å²) in [5, 5.41) is 0. The molecule has 1 unspecified atom stereocenters. The molecule has 0 aromatic heterocycles. The van der Waals surface area contributed by atoms with Crippen molar-refractivity contribution in [3.05, 3.63) is 53.1 Å². The molecule has 1 atom stereocenters. The third kappa shape index (κ3) is 3.59. The largest absolute Gasteiger partial charge is 0.243 e. The number of nitrogens with zero attached hydrogens (tertiary/aromatic N) is 1. The van der Waals surface area contributed by atoms with E-state index in [9.17, 15) is 8.42 Å². The van der Waals surface area contributed by atoms with E-state index in [-0.39, 0.29) is 5.92 Å². The Morgan fingerprint density at radius 1 is 1.26 bits per heavy atom. The van der Waals surface area contributed by atoms with Crippen LogP contribution < -0.4 is 0 Å². The third-order valence-corrected chi connectivity index (χ3v) is 6.56. The van der Waals surface area contributed by atoms with Crippen LogP contribution in [0, 0.1) is 18.8 Å². The molecule has 3 nitrogen and oxygen atoms in total. The van der Waals surface area contributed by atoms with Gasteiger partial charge in [-0.15, -0.1) is 0 Å². The van der Waals surface area contributed by atoms with Crippen LogP contribution in [0.15, 0.2) is 52.5 Å². The second-order valence-electron chi connectivity index (χ2n) is 6.84. The quantitative estimate of drug-likeness (QED) is 0.829. The molecule has 23 heavy (non-hydrogen) atoms. The van der Waals surface area contributed by atoms with Crippen LogP contribution in [0.4, 0.5) is 0 Å². The van der Waals surface area contributed by atoms with Crippen molar-refractivity contribution in [2.24, 2.45) is 11.8 Å². The molecule has 126 valence electrons. The highest BCUT2D eigenvalue weighted by atomic mass is 32.2. The minimum Gasteiger partial charge on any atom is -0.207 e. The number of hydrogen-bond donors (Lipinski definition) is 0. The first-order chi connectivity index (χ1) is 10.6. The lowest BCUT2D eigenvalue weighted by Crippen LogP contribution is -2.28. The summed E-state index contributed by atoms with van der Waals surface area (Å²) in [4.78, 5) is 0.372. The topological polar surface area (TPSA) is 37.4 Å². The molecular weight excluding hydrogens is 306 g/mol. The Hall–Kier alpha value is -1.39. The highest BCUT2D eigenvalue weighted by molar-refractivity contribution is 7.89. The number of sulfonamides is 1. The fraction of sp³-hybridized carbons (Fsp3) is 0.474. The van der Waals surface area contributed by atoms with Crippen molar-refractivity contribution in [1.82, 2.24) is 4.31 Å². The van der Waals surface area contributed by atoms with Crippen LogP contribution in [-0.2, 0) is 10.0 Å². The smallest absolute Gasteiger partial charge is 0.207 e. The van der Waals surface area contributed by atoms with Crippen LogP contribution in [0.3, 0.4) is 0 Å². The summed E-state index contributed by atoms with van der Waals surface area (Å²) in [7, 11) is -3.43. The summed E-state index contributed by atoms with van der Waals surface area (Å²) in [6.45, 7) is 15.5. The Labute approximate surface area is 140 Å². The normalized spacial score (nSPS) is 21.7. The Bertz CT molecular complexity index is 727. The molecule has 1 heterocycles. The van der Waals surface area contributed by atoms with Crippen LogP contribution in [0.5, 0.6) is 0 Å². The Kier molecular flexibility index (Phi) is 5.17. The van der Waals surface area contributed by atoms with E-state index in [0.29, 0.717) is 23.9 Å². The second-order valence-corrected chi connectivity index (χ2v) is 8.78. The second kappa shape index (κ2) is 6.62. The first kappa shape index (κ1) is 18.0. The van der Waals surface area contributed by atoms with Crippen molar-refractivity contribution in [2.75, 3.05) is 13.1 Å². The highest BCUT2D eigenvalue weighted by Crippen LogP contribution is 2.33. The van der Waals surface area contributed by atoms with Gasteiger partial charge in [-0.25, -0.2) is 8.42 Å². The van der Waals surface area contributed by atoms with Gasteiger partial charge in [0.25, 0.3) is 0 Å². The molecule has 4 heteroatoms. The summed E-state index contributed by atoms with van der Waals surface area (Å²) < 4.78 is 27.3. The molecule has 1 aromatic carbocycles. The molecule has 1 aliphatic heterocycles. The molecule has 2 rings (SSSR count). The summed E-state index contributed by atoms with van der Waals surface area (Å²) in [6, 6.07) is 7.07. The zero-order chi connectivity index (χ0) is 17.4. The molecule has 0 aliphatic carbocycles. The van der Waals surface area contributed by atoms with Gasteiger partial charge in [-0.2, -0.15) is 4.31 Å². The molecule has 0 saturated carbocycles. The van der Waals surface area contributed by atoms with Crippen LogP contribution in [0.25, 0.3) is 0 Å². The molecule has 1 aliphatic rings. The first-order valence-electron chi connectivity index (χ1n) is 8.10. The van der Waals surface area contributed by atoms with Crippen molar-refractivity contribution in [3.63, 3.8) is 0 Å². The zero-order valence-corrected chi connectivity index (χ0v) is 15.6. The van der Waals surface area contributed by atoms with Crippen molar-refractivity contribution < 1.29 is 8.42 Å². The molecule has 0 radical (unpaired) electrons. The molecule has 0 amide bonds. The van der Waals surface area contributed by atoms with Gasteiger partial charge in [0.2, 0.25) is 10.0 Å². The Balaban J connectivity index is 2.32. The molecular formula is C19H27NO2S. The lowest BCUT2D eigenvalue weighted by molar-refractivity contribution is 0.464. The van der Waals surface area contributed by atoms with E-state index in [2.05, 4.69) is 34.3 Å². The average Bonchev–Trinajstić information content (AvgIpc) is 2.88. The van der Waals surface area contributed by atoms with Gasteiger partial charge >= 0.3 is 0 Å². The van der Waals surface area contributed by atoms with Crippen LogP contribution in [0.1, 0.15) is 33.3 Å². The van der Waals surface area contributed by atoms with E-state index in [1.54, 1.807) is 16.4 Å². The molecule has 0 bridgehead atoms. The average molecular weight is 333 g/mol. The fourth-order valence-electron chi connectivity index (χ4n) is 3.00. The number of allylic oxidation sites excluding steroid dienone is 2. The number of aryl methyl sites for hydroxylation is 1. The van der Waals surface area contributed by atoms with E-state index >= 15 is 0 Å². The Morgan fingerprint density at radius 2 is 1.83 bits per heavy atom. The Morgan fingerprint density at radius 3 is 2.35 bits per heavy atom. The third-order valence-electron chi connectivity index (χ3n) is 4.74. The maximum Gasteiger partial charge on any atom is 0.243 e. The lowest BCUT2D eigenvalue weighted by Gasteiger charge is -2.17. The monoisotopic (exact) mass is 333 g/mol. The van der Waals surface area contributed by atoms with E-state index < -0.39 is 10.0 Å². The van der Waals surface area contributed by atoms with Gasteiger partial charge in [-0.05, 0) is 54.5 Å². The SMILES string of the molecule is C=C(/C(C)=C1/CN(S(=O)(=O)c2ccc(C)cc2)CC1C)C(C)C. The van der Waals surface area contributed by atoms with Gasteiger partial charge in [0, 0.05) is 13.1 Å². The lowest BCUT2D eigenvalue weighted by atomic mass is 9.90. The van der Waals surface area contributed by atoms with Crippen LogP contribution in [0.2, 0.25) is 0 Å².